The molecule has 0 aromatic heterocycles. The van der Waals surface area contributed by atoms with E-state index in [0.29, 0.717) is 37.2 Å². The SMILES string of the molecule is CC(C(=O)N[C@H]1CCS[C@H]2CC(C)(C)[C@@H](C(=O)NC(COCc3ccc4cc(COCC(NC(=O)[C@H]5N6C(=O)[C@@H](NC(=O)C(C)N(C)C(=O)O)CCS[C@H]6CC5(C)C)c5ccccc5)ccc4c3)c3ccccc3)N2C1=O)N(C)C(=O)O. The van der Waals surface area contributed by atoms with E-state index in [1.54, 1.807) is 33.3 Å². The van der Waals surface area contributed by atoms with Gasteiger partial charge in [0.25, 0.3) is 0 Å². The maximum Gasteiger partial charge on any atom is 0.407 e. The molecule has 0 saturated carbocycles. The summed E-state index contributed by atoms with van der Waals surface area (Å²) in [5.41, 5.74) is 2.24. The van der Waals surface area contributed by atoms with Crippen molar-refractivity contribution in [1.29, 1.82) is 0 Å². The van der Waals surface area contributed by atoms with Crippen LogP contribution in [0.4, 0.5) is 9.59 Å². The zero-order valence-corrected chi connectivity index (χ0v) is 49.3. The van der Waals surface area contributed by atoms with Gasteiger partial charge in [-0.3, -0.25) is 38.6 Å². The minimum absolute atomic E-state index is 0.130. The lowest BCUT2D eigenvalue weighted by Gasteiger charge is -2.35. The van der Waals surface area contributed by atoms with Gasteiger partial charge >= 0.3 is 12.2 Å². The molecule has 4 fully saturated rings. The van der Waals surface area contributed by atoms with Crippen LogP contribution in [-0.4, -0.2) is 163 Å². The highest BCUT2D eigenvalue weighted by Gasteiger charge is 2.56. The number of thioether (sulfide) groups is 2. The molecule has 22 heteroatoms. The minimum atomic E-state index is -1.27. The molecule has 6 N–H and O–H groups in total. The van der Waals surface area contributed by atoms with Crippen LogP contribution in [0.1, 0.15) is 102 Å². The molecular formula is C60H76N8O12S2. The van der Waals surface area contributed by atoms with E-state index in [4.69, 9.17) is 9.47 Å². The van der Waals surface area contributed by atoms with Gasteiger partial charge in [-0.25, -0.2) is 9.59 Å². The first-order valence-electron chi connectivity index (χ1n) is 27.7. The molecule has 4 aromatic carbocycles. The van der Waals surface area contributed by atoms with Crippen molar-refractivity contribution in [2.24, 2.45) is 10.8 Å². The molecule has 10 atom stereocenters. The highest BCUT2D eigenvalue weighted by atomic mass is 32.2. The monoisotopic (exact) mass is 1160 g/mol. The summed E-state index contributed by atoms with van der Waals surface area (Å²) in [7, 11) is 2.59. The molecule has 20 nitrogen and oxygen atoms in total. The van der Waals surface area contributed by atoms with Crippen LogP contribution in [0.3, 0.4) is 0 Å². The molecular weight excluding hydrogens is 1090 g/mol. The number of carbonyl (C=O) groups excluding carboxylic acids is 6. The second-order valence-corrected chi connectivity index (χ2v) is 25.7. The Bertz CT molecular complexity index is 2810. The van der Waals surface area contributed by atoms with Gasteiger partial charge in [-0.2, -0.15) is 0 Å². The van der Waals surface area contributed by atoms with Crippen molar-refractivity contribution < 1.29 is 58.0 Å². The molecule has 4 saturated heterocycles. The number of ether oxygens (including phenoxy) is 2. The number of carboxylic acid groups (broad SMARTS) is 2. The minimum Gasteiger partial charge on any atom is -0.465 e. The summed E-state index contributed by atoms with van der Waals surface area (Å²) in [6, 6.07) is 24.3. The number of rotatable bonds is 20. The molecule has 0 spiro atoms. The van der Waals surface area contributed by atoms with Crippen LogP contribution in [0, 0.1) is 10.8 Å². The van der Waals surface area contributed by atoms with Gasteiger partial charge < -0.3 is 50.8 Å². The number of carbonyl (C=O) groups is 8. The van der Waals surface area contributed by atoms with Gasteiger partial charge in [0.05, 0.1) is 49.3 Å². The van der Waals surface area contributed by atoms with E-state index < -0.39 is 83.2 Å². The summed E-state index contributed by atoms with van der Waals surface area (Å²) in [6.45, 7) is 11.5. The summed E-state index contributed by atoms with van der Waals surface area (Å²) < 4.78 is 12.7. The van der Waals surface area contributed by atoms with E-state index in [0.717, 1.165) is 42.8 Å². The lowest BCUT2D eigenvalue weighted by Crippen LogP contribution is -2.58. The Morgan fingerprint density at radius 2 is 0.963 bits per heavy atom. The Morgan fingerprint density at radius 3 is 1.32 bits per heavy atom. The third-order valence-corrected chi connectivity index (χ3v) is 18.9. The average molecular weight is 1170 g/mol. The van der Waals surface area contributed by atoms with E-state index in [2.05, 4.69) is 21.3 Å². The Hall–Kier alpha value is -6.88. The molecule has 0 radical (unpaired) electrons. The first-order valence-corrected chi connectivity index (χ1v) is 29.8. The summed E-state index contributed by atoms with van der Waals surface area (Å²) in [4.78, 5) is 112. The third kappa shape index (κ3) is 13.9. The van der Waals surface area contributed by atoms with Gasteiger partial charge in [0.15, 0.2) is 0 Å². The Labute approximate surface area is 487 Å². The predicted molar refractivity (Wildman–Crippen MR) is 312 cm³/mol. The van der Waals surface area contributed by atoms with E-state index in [1.165, 1.54) is 27.9 Å². The highest BCUT2D eigenvalue weighted by molar-refractivity contribution is 8.00. The number of hydrogen-bond acceptors (Lipinski definition) is 12. The Kier molecular flexibility index (Phi) is 19.5. The number of amides is 8. The standard InChI is InChI=1S/C60H76N8O12S2/c1-35(65(7)57(75)76)51(69)61-43-23-25-81-47-29-59(3,4)49(67(47)55(43)73)53(71)63-45(39-15-11-9-12-16-39)33-79-31-37-19-21-42-28-38(20-22-41(42)27-37)32-80-34-46(40-17-13-10-14-18-40)64-54(72)50-60(5,6)30-48-68(50)56(74)44(24-26-82-48)62-52(70)36(2)66(8)58(77)78/h9-22,27-28,35-36,43-50H,23-26,29-34H2,1-8H3,(H,61,69)(H,62,70)(H,63,71)(H,64,72)(H,75,76)(H,77,78)/t35?,36?,43-,44-,45?,46?,47-,48-,49+,50+/m0/s1. The van der Waals surface area contributed by atoms with E-state index in [9.17, 15) is 48.6 Å². The van der Waals surface area contributed by atoms with Crippen LogP contribution in [-0.2, 0) is 51.5 Å². The summed E-state index contributed by atoms with van der Waals surface area (Å²) in [6.07, 6.45) is -0.736. The number of likely N-dealkylation sites (N-methyl/N-ethyl adjacent to an activating group) is 2. The summed E-state index contributed by atoms with van der Waals surface area (Å²) in [5.74, 6) is -1.49. The maximum absolute atomic E-state index is 14.6. The van der Waals surface area contributed by atoms with Crippen LogP contribution in [0.2, 0.25) is 0 Å². The van der Waals surface area contributed by atoms with Crippen molar-refractivity contribution >= 4 is 81.9 Å². The fraction of sp³-hybridized carbons (Fsp3) is 0.500. The number of hydrogen-bond donors (Lipinski definition) is 6. The van der Waals surface area contributed by atoms with Crippen LogP contribution in [0.5, 0.6) is 0 Å². The summed E-state index contributed by atoms with van der Waals surface area (Å²) >= 11 is 3.15. The normalized spacial score (nSPS) is 23.4. The van der Waals surface area contributed by atoms with Gasteiger partial charge in [0.1, 0.15) is 36.3 Å². The highest BCUT2D eigenvalue weighted by Crippen LogP contribution is 2.48. The van der Waals surface area contributed by atoms with Crippen molar-refractivity contribution in [3.05, 3.63) is 119 Å². The first-order chi connectivity index (χ1) is 38.9. The molecule has 4 aliphatic rings. The number of benzene rings is 4. The fourth-order valence-corrected chi connectivity index (χ4v) is 14.6. The molecule has 4 heterocycles. The van der Waals surface area contributed by atoms with Crippen LogP contribution < -0.4 is 21.3 Å². The second kappa shape index (κ2) is 26.1. The van der Waals surface area contributed by atoms with E-state index in [1.807, 2.05) is 125 Å². The Balaban J connectivity index is 0.890. The quantitative estimate of drug-likeness (QED) is 0.0537. The van der Waals surface area contributed by atoms with E-state index in [-0.39, 0.29) is 60.8 Å². The lowest BCUT2D eigenvalue weighted by molar-refractivity contribution is -0.144. The van der Waals surface area contributed by atoms with Crippen molar-refractivity contribution in [2.75, 3.05) is 38.8 Å². The van der Waals surface area contributed by atoms with Gasteiger partial charge in [0, 0.05) is 14.1 Å². The topological polar surface area (TPSA) is 257 Å². The molecule has 0 bridgehead atoms. The molecule has 4 unspecified atom stereocenters. The number of fused-ring (bicyclic) bond motifs is 3. The summed E-state index contributed by atoms with van der Waals surface area (Å²) in [5, 5.41) is 32.2. The molecule has 8 amide bonds. The average Bonchev–Trinajstić information content (AvgIpc) is 4.04. The molecule has 4 aliphatic heterocycles. The van der Waals surface area contributed by atoms with Crippen molar-refractivity contribution in [3.8, 4) is 0 Å². The molecule has 82 heavy (non-hydrogen) atoms. The molecule has 4 aromatic rings. The Morgan fingerprint density at radius 1 is 0.598 bits per heavy atom. The van der Waals surface area contributed by atoms with Gasteiger partial charge in [-0.15, -0.1) is 23.5 Å². The largest absolute Gasteiger partial charge is 0.465 e. The van der Waals surface area contributed by atoms with Crippen molar-refractivity contribution in [2.45, 2.75) is 140 Å². The fourth-order valence-electron chi connectivity index (χ4n) is 11.4. The number of nitrogens with one attached hydrogen (secondary N) is 4. The molecule has 8 rings (SSSR count). The van der Waals surface area contributed by atoms with Crippen molar-refractivity contribution in [1.82, 2.24) is 40.9 Å². The van der Waals surface area contributed by atoms with Crippen LogP contribution in [0.15, 0.2) is 97.1 Å². The number of nitrogens with zero attached hydrogens (tertiary/aromatic N) is 4. The van der Waals surface area contributed by atoms with Gasteiger partial charge in [0.2, 0.25) is 35.4 Å². The maximum atomic E-state index is 14.6. The molecule has 440 valence electrons. The van der Waals surface area contributed by atoms with Gasteiger partial charge in [-0.1, -0.05) is 113 Å². The smallest absolute Gasteiger partial charge is 0.407 e. The predicted octanol–water partition coefficient (Wildman–Crippen LogP) is 6.73. The molecule has 0 aliphatic carbocycles. The third-order valence-electron chi connectivity index (χ3n) is 16.4. The van der Waals surface area contributed by atoms with Crippen molar-refractivity contribution in [3.63, 3.8) is 0 Å². The second-order valence-electron chi connectivity index (χ2n) is 23.2. The van der Waals surface area contributed by atoms with Crippen LogP contribution in [0.25, 0.3) is 10.8 Å². The zero-order valence-electron chi connectivity index (χ0n) is 47.7. The zero-order chi connectivity index (χ0) is 59.2. The first kappa shape index (κ1) is 61.2. The van der Waals surface area contributed by atoms with E-state index >= 15 is 0 Å². The van der Waals surface area contributed by atoms with Gasteiger partial charge in [-0.05, 0) is 107 Å². The van der Waals surface area contributed by atoms with Crippen LogP contribution >= 0.6 is 23.5 Å². The lowest BCUT2D eigenvalue weighted by atomic mass is 9.83.